The number of aromatic nitrogens is 2. The van der Waals surface area contributed by atoms with E-state index in [0.29, 0.717) is 18.0 Å². The zero-order valence-electron chi connectivity index (χ0n) is 11.4. The zero-order valence-corrected chi connectivity index (χ0v) is 12.2. The fourth-order valence-electron chi connectivity index (χ4n) is 2.51. The van der Waals surface area contributed by atoms with Crippen LogP contribution >= 0.6 is 11.5 Å². The van der Waals surface area contributed by atoms with Gasteiger partial charge in [-0.2, -0.15) is 4.37 Å². The summed E-state index contributed by atoms with van der Waals surface area (Å²) in [5.41, 5.74) is 7.97. The van der Waals surface area contributed by atoms with Gasteiger partial charge in [-0.05, 0) is 37.4 Å². The second-order valence-electron chi connectivity index (χ2n) is 5.06. The van der Waals surface area contributed by atoms with E-state index in [9.17, 15) is 0 Å². The summed E-state index contributed by atoms with van der Waals surface area (Å²) < 4.78 is 9.85. The molecule has 2 unspecified atom stereocenters. The molecule has 3 N–H and O–H groups in total. The third kappa shape index (κ3) is 2.76. The fraction of sp³-hybridized carbons (Fsp3) is 0.429. The number of nitrogens with zero attached hydrogens (tertiary/aromatic N) is 2. The number of nitrogen functional groups attached to an aromatic ring is 1. The van der Waals surface area contributed by atoms with Gasteiger partial charge in [0.05, 0.1) is 11.7 Å². The van der Waals surface area contributed by atoms with Crippen LogP contribution in [-0.2, 0) is 4.74 Å². The standard InChI is InChI=1S/C14H18N4OS/c1-9-7-11(4-6-19-9)17-14-12(13(15)18-20-14)10-3-2-5-16-8-10/h2-3,5,8-9,11,17H,4,6-7H2,1H3,(H2,15,18). The van der Waals surface area contributed by atoms with Crippen LogP contribution in [0.5, 0.6) is 0 Å². The minimum atomic E-state index is 0.299. The molecule has 0 aromatic carbocycles. The molecule has 1 fully saturated rings. The van der Waals surface area contributed by atoms with E-state index in [1.54, 1.807) is 6.20 Å². The zero-order chi connectivity index (χ0) is 13.9. The molecule has 2 aromatic rings. The Morgan fingerprint density at radius 2 is 2.40 bits per heavy atom. The van der Waals surface area contributed by atoms with Crippen molar-refractivity contribution >= 4 is 22.4 Å². The van der Waals surface area contributed by atoms with Gasteiger partial charge < -0.3 is 15.8 Å². The molecule has 0 amide bonds. The van der Waals surface area contributed by atoms with Gasteiger partial charge in [-0.3, -0.25) is 4.98 Å². The third-order valence-electron chi connectivity index (χ3n) is 3.49. The Bertz CT molecular complexity index is 572. The Balaban J connectivity index is 1.84. The molecule has 1 aliphatic heterocycles. The van der Waals surface area contributed by atoms with E-state index < -0.39 is 0 Å². The van der Waals surface area contributed by atoms with E-state index in [2.05, 4.69) is 21.6 Å². The van der Waals surface area contributed by atoms with E-state index in [1.807, 2.05) is 18.3 Å². The second kappa shape index (κ2) is 5.76. The first-order valence-corrected chi connectivity index (χ1v) is 7.55. The van der Waals surface area contributed by atoms with Crippen LogP contribution < -0.4 is 11.1 Å². The van der Waals surface area contributed by atoms with Crippen LogP contribution in [0.4, 0.5) is 10.8 Å². The van der Waals surface area contributed by atoms with Gasteiger partial charge in [-0.1, -0.05) is 6.07 Å². The Morgan fingerprint density at radius 1 is 1.50 bits per heavy atom. The molecule has 2 atom stereocenters. The van der Waals surface area contributed by atoms with Crippen LogP contribution in [0.3, 0.4) is 0 Å². The molecule has 0 bridgehead atoms. The van der Waals surface area contributed by atoms with Crippen molar-refractivity contribution in [3.8, 4) is 11.1 Å². The Hall–Kier alpha value is -1.66. The van der Waals surface area contributed by atoms with Crippen molar-refractivity contribution in [2.75, 3.05) is 17.7 Å². The molecule has 3 heterocycles. The molecule has 0 aliphatic carbocycles. The lowest BCUT2D eigenvalue weighted by Crippen LogP contribution is -2.32. The number of hydrogen-bond acceptors (Lipinski definition) is 6. The molecule has 3 rings (SSSR count). The summed E-state index contributed by atoms with van der Waals surface area (Å²) >= 11 is 1.41. The summed E-state index contributed by atoms with van der Waals surface area (Å²) in [6, 6.07) is 4.33. The van der Waals surface area contributed by atoms with Crippen molar-refractivity contribution in [2.24, 2.45) is 0 Å². The van der Waals surface area contributed by atoms with Crippen LogP contribution in [0.2, 0.25) is 0 Å². The molecule has 106 valence electrons. The van der Waals surface area contributed by atoms with E-state index in [-0.39, 0.29) is 0 Å². The van der Waals surface area contributed by atoms with Crippen molar-refractivity contribution in [1.82, 2.24) is 9.36 Å². The van der Waals surface area contributed by atoms with Crippen molar-refractivity contribution in [3.05, 3.63) is 24.5 Å². The van der Waals surface area contributed by atoms with Gasteiger partial charge in [0.2, 0.25) is 0 Å². The van der Waals surface area contributed by atoms with Crippen molar-refractivity contribution in [3.63, 3.8) is 0 Å². The van der Waals surface area contributed by atoms with Gasteiger partial charge in [0.25, 0.3) is 0 Å². The lowest BCUT2D eigenvalue weighted by atomic mass is 10.0. The van der Waals surface area contributed by atoms with Crippen molar-refractivity contribution in [1.29, 1.82) is 0 Å². The lowest BCUT2D eigenvalue weighted by molar-refractivity contribution is 0.0233. The van der Waals surface area contributed by atoms with Crippen LogP contribution in [0.25, 0.3) is 11.1 Å². The highest BCUT2D eigenvalue weighted by molar-refractivity contribution is 7.11. The smallest absolute Gasteiger partial charge is 0.147 e. The van der Waals surface area contributed by atoms with Crippen LogP contribution in [0, 0.1) is 0 Å². The average Bonchev–Trinajstić information content (AvgIpc) is 2.81. The van der Waals surface area contributed by atoms with E-state index >= 15 is 0 Å². The van der Waals surface area contributed by atoms with Gasteiger partial charge in [0, 0.05) is 30.6 Å². The summed E-state index contributed by atoms with van der Waals surface area (Å²) in [6.07, 6.45) is 5.89. The molecule has 6 heteroatoms. The van der Waals surface area contributed by atoms with E-state index in [1.165, 1.54) is 11.5 Å². The highest BCUT2D eigenvalue weighted by Crippen LogP contribution is 2.37. The monoisotopic (exact) mass is 290 g/mol. The Labute approximate surface area is 122 Å². The van der Waals surface area contributed by atoms with Gasteiger partial charge in [-0.15, -0.1) is 0 Å². The first kappa shape index (κ1) is 13.3. The molecule has 1 saturated heterocycles. The predicted octanol–water partition coefficient (Wildman–Crippen LogP) is 2.77. The number of hydrogen-bond donors (Lipinski definition) is 2. The minimum absolute atomic E-state index is 0.299. The van der Waals surface area contributed by atoms with Gasteiger partial charge in [0.15, 0.2) is 0 Å². The number of anilines is 2. The lowest BCUT2D eigenvalue weighted by Gasteiger charge is -2.28. The average molecular weight is 290 g/mol. The summed E-state index contributed by atoms with van der Waals surface area (Å²) in [6.45, 7) is 2.91. The summed E-state index contributed by atoms with van der Waals surface area (Å²) in [4.78, 5) is 4.16. The first-order chi connectivity index (χ1) is 9.74. The fourth-order valence-corrected chi connectivity index (χ4v) is 3.32. The molecular formula is C14H18N4OS. The van der Waals surface area contributed by atoms with Gasteiger partial charge in [0.1, 0.15) is 10.8 Å². The minimum Gasteiger partial charge on any atom is -0.382 e. The van der Waals surface area contributed by atoms with Crippen LogP contribution in [0.1, 0.15) is 19.8 Å². The molecule has 0 spiro atoms. The number of nitrogens with one attached hydrogen (secondary N) is 1. The van der Waals surface area contributed by atoms with Crippen molar-refractivity contribution in [2.45, 2.75) is 31.9 Å². The Morgan fingerprint density at radius 3 is 3.15 bits per heavy atom. The van der Waals surface area contributed by atoms with Crippen LogP contribution in [-0.4, -0.2) is 28.1 Å². The second-order valence-corrected chi connectivity index (χ2v) is 5.83. The topological polar surface area (TPSA) is 73.1 Å². The molecule has 0 radical (unpaired) electrons. The summed E-state index contributed by atoms with van der Waals surface area (Å²) in [5, 5.41) is 4.59. The van der Waals surface area contributed by atoms with Gasteiger partial charge >= 0.3 is 0 Å². The molecular weight excluding hydrogens is 272 g/mol. The first-order valence-electron chi connectivity index (χ1n) is 6.77. The predicted molar refractivity (Wildman–Crippen MR) is 81.8 cm³/mol. The van der Waals surface area contributed by atoms with Crippen LogP contribution in [0.15, 0.2) is 24.5 Å². The largest absolute Gasteiger partial charge is 0.382 e. The van der Waals surface area contributed by atoms with E-state index in [4.69, 9.17) is 10.5 Å². The van der Waals surface area contributed by atoms with Crippen molar-refractivity contribution < 1.29 is 4.74 Å². The maximum absolute atomic E-state index is 6.01. The highest BCUT2D eigenvalue weighted by atomic mass is 32.1. The number of ether oxygens (including phenoxy) is 1. The molecule has 0 saturated carbocycles. The summed E-state index contributed by atoms with van der Waals surface area (Å²) in [5.74, 6) is 0.561. The maximum atomic E-state index is 6.01. The summed E-state index contributed by atoms with van der Waals surface area (Å²) in [7, 11) is 0. The molecule has 20 heavy (non-hydrogen) atoms. The number of rotatable bonds is 3. The highest BCUT2D eigenvalue weighted by Gasteiger charge is 2.22. The normalized spacial score (nSPS) is 22.6. The number of nitrogens with two attached hydrogens (primary N) is 1. The van der Waals surface area contributed by atoms with E-state index in [0.717, 1.165) is 35.6 Å². The molecule has 1 aliphatic rings. The number of pyridine rings is 1. The molecule has 2 aromatic heterocycles. The molecule has 5 nitrogen and oxygen atoms in total. The quantitative estimate of drug-likeness (QED) is 0.909. The Kier molecular flexibility index (Phi) is 3.84. The SMILES string of the molecule is CC1CC(Nc2snc(N)c2-c2cccnc2)CCO1. The van der Waals surface area contributed by atoms with Gasteiger partial charge in [-0.25, -0.2) is 0 Å². The third-order valence-corrected chi connectivity index (χ3v) is 4.28. The maximum Gasteiger partial charge on any atom is 0.147 e.